The smallest absolute Gasteiger partial charge is 0.118 e. The zero-order chi connectivity index (χ0) is 19.0. The van der Waals surface area contributed by atoms with Gasteiger partial charge in [-0.1, -0.05) is 50.2 Å². The monoisotopic (exact) mass is 364 g/mol. The summed E-state index contributed by atoms with van der Waals surface area (Å²) < 4.78 is 5.32. The number of rotatable bonds is 5. The Hall–Kier alpha value is -1.84. The molecule has 0 saturated carbocycles. The number of piperazine rings is 1. The molecule has 2 aliphatic heterocycles. The van der Waals surface area contributed by atoms with Crippen LogP contribution in [0.2, 0.25) is 0 Å². The second-order valence-corrected chi connectivity index (χ2v) is 8.49. The molecular formula is C24H32N2O. The van der Waals surface area contributed by atoms with E-state index >= 15 is 0 Å². The average molecular weight is 365 g/mol. The lowest BCUT2D eigenvalue weighted by atomic mass is 9.87. The van der Waals surface area contributed by atoms with Crippen molar-refractivity contribution in [1.82, 2.24) is 9.80 Å². The van der Waals surface area contributed by atoms with Gasteiger partial charge < -0.3 is 4.74 Å². The largest absolute Gasteiger partial charge is 0.497 e. The molecular weight excluding hydrogens is 332 g/mol. The van der Waals surface area contributed by atoms with Crippen molar-refractivity contribution in [3.05, 3.63) is 65.2 Å². The van der Waals surface area contributed by atoms with Crippen LogP contribution in [-0.2, 0) is 6.54 Å². The molecule has 0 spiro atoms. The number of methoxy groups -OCH3 is 1. The van der Waals surface area contributed by atoms with E-state index in [0.717, 1.165) is 18.8 Å². The van der Waals surface area contributed by atoms with Crippen molar-refractivity contribution in [2.24, 2.45) is 0 Å². The van der Waals surface area contributed by atoms with Gasteiger partial charge in [-0.3, -0.25) is 9.80 Å². The van der Waals surface area contributed by atoms with E-state index in [1.165, 1.54) is 29.5 Å². The molecule has 2 aromatic rings. The Bertz CT molecular complexity index is 770. The van der Waals surface area contributed by atoms with Gasteiger partial charge >= 0.3 is 0 Å². The molecule has 2 aromatic carbocycles. The Balaban J connectivity index is 1.62. The van der Waals surface area contributed by atoms with E-state index in [9.17, 15) is 0 Å². The highest BCUT2D eigenvalue weighted by atomic mass is 16.5. The lowest BCUT2D eigenvalue weighted by Gasteiger charge is -2.46. The molecule has 2 saturated heterocycles. The fourth-order valence-electron chi connectivity index (χ4n) is 5.18. The van der Waals surface area contributed by atoms with Crippen LogP contribution in [0.3, 0.4) is 0 Å². The zero-order valence-corrected chi connectivity index (χ0v) is 17.1. The number of likely N-dealkylation sites (N-methyl/N-ethyl adjacent to an activating group) is 1. The predicted molar refractivity (Wildman–Crippen MR) is 111 cm³/mol. The Morgan fingerprint density at radius 2 is 1.78 bits per heavy atom. The van der Waals surface area contributed by atoms with Crippen LogP contribution in [0.1, 0.15) is 55.3 Å². The summed E-state index contributed by atoms with van der Waals surface area (Å²) in [7, 11) is 4.05. The summed E-state index contributed by atoms with van der Waals surface area (Å²) in [5.74, 6) is 1.49. The molecule has 0 aromatic heterocycles. The minimum atomic E-state index is 0.487. The topological polar surface area (TPSA) is 15.7 Å². The first-order valence-corrected chi connectivity index (χ1v) is 10.3. The van der Waals surface area contributed by atoms with E-state index in [1.54, 1.807) is 7.11 Å². The molecule has 4 rings (SSSR count). The molecule has 2 aliphatic rings. The van der Waals surface area contributed by atoms with Crippen molar-refractivity contribution in [1.29, 1.82) is 0 Å². The third-order valence-electron chi connectivity index (χ3n) is 6.49. The molecule has 2 fully saturated rings. The van der Waals surface area contributed by atoms with Gasteiger partial charge in [-0.2, -0.15) is 0 Å². The fraction of sp³-hybridized carbons (Fsp3) is 0.500. The highest BCUT2D eigenvalue weighted by molar-refractivity contribution is 5.35. The highest BCUT2D eigenvalue weighted by Crippen LogP contribution is 2.43. The molecule has 0 amide bonds. The average Bonchev–Trinajstić information content (AvgIpc) is 2.95. The highest BCUT2D eigenvalue weighted by Gasteiger charge is 2.45. The summed E-state index contributed by atoms with van der Waals surface area (Å²) in [6, 6.07) is 19.4. The van der Waals surface area contributed by atoms with E-state index in [-0.39, 0.29) is 0 Å². The Morgan fingerprint density at radius 1 is 1.04 bits per heavy atom. The third kappa shape index (κ3) is 3.51. The Labute approximate surface area is 163 Å². The van der Waals surface area contributed by atoms with Gasteiger partial charge in [0.1, 0.15) is 5.75 Å². The van der Waals surface area contributed by atoms with Crippen molar-refractivity contribution >= 4 is 0 Å². The normalized spacial score (nSPS) is 25.9. The minimum absolute atomic E-state index is 0.487. The van der Waals surface area contributed by atoms with Gasteiger partial charge in [0.05, 0.1) is 13.2 Å². The molecule has 3 atom stereocenters. The number of benzene rings is 2. The molecule has 0 N–H and O–H groups in total. The van der Waals surface area contributed by atoms with Gasteiger partial charge in [-0.05, 0) is 54.6 Å². The third-order valence-corrected chi connectivity index (χ3v) is 6.49. The maximum absolute atomic E-state index is 5.32. The summed E-state index contributed by atoms with van der Waals surface area (Å²) in [4.78, 5) is 5.37. The number of hydrogen-bond donors (Lipinski definition) is 0. The number of hydrogen-bond acceptors (Lipinski definition) is 3. The zero-order valence-electron chi connectivity index (χ0n) is 17.1. The van der Waals surface area contributed by atoms with Crippen molar-refractivity contribution in [3.63, 3.8) is 0 Å². The lowest BCUT2D eigenvalue weighted by Crippen LogP contribution is -2.53. The standard InChI is InChI=1S/C24H32N2O/c1-17(2)21-7-5-6-8-22(21)24-23-14-11-19(16-25(24)3)26(23)15-18-9-12-20(27-4)13-10-18/h5-10,12-13,17,19,23-24H,11,14-16H2,1-4H3. The SMILES string of the molecule is COc1ccc(CN2C3CCC2C(c2ccccc2C(C)C)N(C)C3)cc1. The summed E-state index contributed by atoms with van der Waals surface area (Å²) in [6.45, 7) is 6.82. The van der Waals surface area contributed by atoms with Crippen LogP contribution in [0.25, 0.3) is 0 Å². The molecule has 2 heterocycles. The summed E-state index contributed by atoms with van der Waals surface area (Å²) >= 11 is 0. The number of fused-ring (bicyclic) bond motifs is 2. The second kappa shape index (κ2) is 7.65. The van der Waals surface area contributed by atoms with Crippen LogP contribution in [0.4, 0.5) is 0 Å². The number of nitrogens with zero attached hydrogens (tertiary/aromatic N) is 2. The van der Waals surface area contributed by atoms with Crippen LogP contribution in [0, 0.1) is 0 Å². The number of ether oxygens (including phenoxy) is 1. The van der Waals surface area contributed by atoms with Crippen molar-refractivity contribution in [2.75, 3.05) is 20.7 Å². The van der Waals surface area contributed by atoms with E-state index < -0.39 is 0 Å². The first-order chi connectivity index (χ1) is 13.1. The van der Waals surface area contributed by atoms with Crippen molar-refractivity contribution < 1.29 is 4.74 Å². The number of likely N-dealkylation sites (tertiary alicyclic amines) is 1. The van der Waals surface area contributed by atoms with Crippen molar-refractivity contribution in [3.8, 4) is 5.75 Å². The van der Waals surface area contributed by atoms with Gasteiger partial charge in [0.15, 0.2) is 0 Å². The van der Waals surface area contributed by atoms with Gasteiger partial charge in [0.2, 0.25) is 0 Å². The van der Waals surface area contributed by atoms with Crippen LogP contribution in [0.15, 0.2) is 48.5 Å². The summed E-state index contributed by atoms with van der Waals surface area (Å²) in [6.07, 6.45) is 2.60. The quantitative estimate of drug-likeness (QED) is 0.755. The predicted octanol–water partition coefficient (Wildman–Crippen LogP) is 4.84. The first-order valence-electron chi connectivity index (χ1n) is 10.3. The van der Waals surface area contributed by atoms with Gasteiger partial charge in [-0.15, -0.1) is 0 Å². The molecule has 144 valence electrons. The fourth-order valence-corrected chi connectivity index (χ4v) is 5.18. The molecule has 3 unspecified atom stereocenters. The van der Waals surface area contributed by atoms with Crippen molar-refractivity contribution in [2.45, 2.75) is 57.3 Å². The molecule has 3 nitrogen and oxygen atoms in total. The second-order valence-electron chi connectivity index (χ2n) is 8.49. The van der Waals surface area contributed by atoms with Crippen LogP contribution >= 0.6 is 0 Å². The van der Waals surface area contributed by atoms with Gasteiger partial charge in [-0.25, -0.2) is 0 Å². The van der Waals surface area contributed by atoms with E-state index in [1.807, 2.05) is 0 Å². The lowest BCUT2D eigenvalue weighted by molar-refractivity contribution is 0.0245. The van der Waals surface area contributed by atoms with Crippen LogP contribution < -0.4 is 4.74 Å². The maximum Gasteiger partial charge on any atom is 0.118 e. The Kier molecular flexibility index (Phi) is 5.25. The first kappa shape index (κ1) is 18.5. The van der Waals surface area contributed by atoms with E-state index in [4.69, 9.17) is 4.74 Å². The molecule has 0 aliphatic carbocycles. The molecule has 3 heteroatoms. The van der Waals surface area contributed by atoms with E-state index in [2.05, 4.69) is 79.2 Å². The Morgan fingerprint density at radius 3 is 2.48 bits per heavy atom. The van der Waals surface area contributed by atoms with Crippen LogP contribution in [-0.4, -0.2) is 42.6 Å². The molecule has 2 bridgehead atoms. The minimum Gasteiger partial charge on any atom is -0.497 e. The molecule has 0 radical (unpaired) electrons. The van der Waals surface area contributed by atoms with Gasteiger partial charge in [0.25, 0.3) is 0 Å². The maximum atomic E-state index is 5.32. The summed E-state index contributed by atoms with van der Waals surface area (Å²) in [5, 5.41) is 0. The summed E-state index contributed by atoms with van der Waals surface area (Å²) in [5.41, 5.74) is 4.41. The molecule has 27 heavy (non-hydrogen) atoms. The van der Waals surface area contributed by atoms with Crippen LogP contribution in [0.5, 0.6) is 5.75 Å². The van der Waals surface area contributed by atoms with E-state index in [0.29, 0.717) is 24.0 Å². The van der Waals surface area contributed by atoms with Gasteiger partial charge in [0, 0.05) is 25.2 Å².